The molecule has 26 heavy (non-hydrogen) atoms. The molecule has 4 nitrogen and oxygen atoms in total. The Labute approximate surface area is 163 Å². The number of anilines is 1. The average Bonchev–Trinajstić information content (AvgIpc) is 2.65. The van der Waals surface area contributed by atoms with Gasteiger partial charge in [-0.2, -0.15) is 0 Å². The van der Waals surface area contributed by atoms with E-state index in [1.807, 2.05) is 4.90 Å². The van der Waals surface area contributed by atoms with Crippen molar-refractivity contribution in [3.63, 3.8) is 0 Å². The highest BCUT2D eigenvalue weighted by Crippen LogP contribution is 2.25. The number of amides is 2. The van der Waals surface area contributed by atoms with Crippen molar-refractivity contribution in [3.05, 3.63) is 63.6 Å². The largest absolute Gasteiger partial charge is 0.339 e. The number of nitrogens with zero attached hydrogens (tertiary/aromatic N) is 1. The molecule has 1 heterocycles. The summed E-state index contributed by atoms with van der Waals surface area (Å²) in [5.41, 5.74) is 1.64. The summed E-state index contributed by atoms with van der Waals surface area (Å²) in [7, 11) is 0. The van der Waals surface area contributed by atoms with Gasteiger partial charge in [0.15, 0.2) is 0 Å². The molecule has 2 aromatic carbocycles. The molecule has 0 aliphatic carbocycles. The third kappa shape index (κ3) is 4.37. The van der Waals surface area contributed by atoms with E-state index in [-0.39, 0.29) is 11.8 Å². The van der Waals surface area contributed by atoms with Gasteiger partial charge in [0.2, 0.25) is 0 Å². The summed E-state index contributed by atoms with van der Waals surface area (Å²) in [5.74, 6) is 0.425. The van der Waals surface area contributed by atoms with Crippen LogP contribution in [0.1, 0.15) is 40.5 Å². The van der Waals surface area contributed by atoms with Crippen LogP contribution < -0.4 is 5.32 Å². The summed E-state index contributed by atoms with van der Waals surface area (Å²) in [6.45, 7) is 3.79. The van der Waals surface area contributed by atoms with Crippen LogP contribution in [0.25, 0.3) is 0 Å². The molecule has 1 saturated heterocycles. The first-order valence-electron chi connectivity index (χ1n) is 8.60. The predicted octanol–water partition coefficient (Wildman–Crippen LogP) is 5.12. The van der Waals surface area contributed by atoms with Crippen LogP contribution in [0.5, 0.6) is 0 Å². The maximum Gasteiger partial charge on any atom is 0.255 e. The van der Waals surface area contributed by atoms with Crippen LogP contribution in [0.15, 0.2) is 42.5 Å². The van der Waals surface area contributed by atoms with E-state index < -0.39 is 0 Å². The molecule has 6 heteroatoms. The topological polar surface area (TPSA) is 49.4 Å². The van der Waals surface area contributed by atoms with Crippen molar-refractivity contribution in [1.82, 2.24) is 4.90 Å². The first-order chi connectivity index (χ1) is 12.4. The lowest BCUT2D eigenvalue weighted by molar-refractivity contribution is 0.0697. The van der Waals surface area contributed by atoms with Crippen LogP contribution in [0, 0.1) is 5.92 Å². The number of halogens is 2. The fourth-order valence-corrected chi connectivity index (χ4v) is 3.23. The molecule has 0 atom stereocenters. The minimum atomic E-state index is -0.269. The van der Waals surface area contributed by atoms with Gasteiger partial charge < -0.3 is 10.2 Å². The quantitative estimate of drug-likeness (QED) is 0.790. The Kier molecular flexibility index (Phi) is 5.84. The summed E-state index contributed by atoms with van der Waals surface area (Å²) >= 11 is 11.8. The number of rotatable bonds is 3. The molecule has 1 aliphatic heterocycles. The molecule has 2 amide bonds. The first-order valence-corrected chi connectivity index (χ1v) is 9.35. The van der Waals surface area contributed by atoms with Crippen molar-refractivity contribution in [2.45, 2.75) is 19.8 Å². The molecule has 0 radical (unpaired) electrons. The van der Waals surface area contributed by atoms with Crippen LogP contribution >= 0.6 is 23.2 Å². The second-order valence-electron chi connectivity index (χ2n) is 6.64. The second-order valence-corrected chi connectivity index (χ2v) is 7.45. The highest BCUT2D eigenvalue weighted by Gasteiger charge is 2.21. The summed E-state index contributed by atoms with van der Waals surface area (Å²) in [4.78, 5) is 26.8. The first kappa shape index (κ1) is 18.7. The van der Waals surface area contributed by atoms with E-state index >= 15 is 0 Å². The Balaban J connectivity index is 1.65. The molecule has 0 saturated carbocycles. The molecular weight excluding hydrogens is 371 g/mol. The molecule has 0 spiro atoms. The maximum absolute atomic E-state index is 12.5. The summed E-state index contributed by atoms with van der Waals surface area (Å²) in [6.07, 6.45) is 2.08. The Morgan fingerprint density at radius 1 is 0.962 bits per heavy atom. The Hall–Kier alpha value is -2.04. The van der Waals surface area contributed by atoms with E-state index in [4.69, 9.17) is 23.2 Å². The van der Waals surface area contributed by atoms with Gasteiger partial charge in [0, 0.05) is 29.9 Å². The lowest BCUT2D eigenvalue weighted by atomic mass is 9.98. The average molecular weight is 391 g/mol. The highest BCUT2D eigenvalue weighted by atomic mass is 35.5. The van der Waals surface area contributed by atoms with E-state index in [0.29, 0.717) is 32.8 Å². The molecule has 0 bridgehead atoms. The zero-order valence-corrected chi connectivity index (χ0v) is 16.0. The molecule has 1 N–H and O–H groups in total. The molecule has 1 fully saturated rings. The molecule has 3 rings (SSSR count). The number of hydrogen-bond acceptors (Lipinski definition) is 2. The van der Waals surface area contributed by atoms with E-state index in [1.165, 1.54) is 0 Å². The Bertz CT molecular complexity index is 813. The van der Waals surface area contributed by atoms with Gasteiger partial charge in [0.1, 0.15) is 0 Å². The zero-order chi connectivity index (χ0) is 18.7. The van der Waals surface area contributed by atoms with Crippen LogP contribution in [0.2, 0.25) is 10.0 Å². The van der Waals surface area contributed by atoms with Gasteiger partial charge in [-0.05, 0) is 61.2 Å². The number of piperidine rings is 1. The second kappa shape index (κ2) is 8.11. The van der Waals surface area contributed by atoms with Gasteiger partial charge in [0.05, 0.1) is 10.0 Å². The minimum Gasteiger partial charge on any atom is -0.339 e. The van der Waals surface area contributed by atoms with Crippen molar-refractivity contribution < 1.29 is 9.59 Å². The van der Waals surface area contributed by atoms with Crippen LogP contribution in [-0.2, 0) is 0 Å². The van der Waals surface area contributed by atoms with Gasteiger partial charge in [-0.1, -0.05) is 30.1 Å². The van der Waals surface area contributed by atoms with Gasteiger partial charge in [-0.3, -0.25) is 9.59 Å². The van der Waals surface area contributed by atoms with Crippen molar-refractivity contribution in [3.8, 4) is 0 Å². The number of likely N-dealkylation sites (tertiary alicyclic amines) is 1. The van der Waals surface area contributed by atoms with Crippen molar-refractivity contribution >= 4 is 40.7 Å². The van der Waals surface area contributed by atoms with Crippen LogP contribution in [0.4, 0.5) is 5.69 Å². The SMILES string of the molecule is CC1CCN(C(=O)c2ccc(C(=O)Nc3ccc(Cl)c(Cl)c3)cc2)CC1. The van der Waals surface area contributed by atoms with Gasteiger partial charge in [-0.25, -0.2) is 0 Å². The highest BCUT2D eigenvalue weighted by molar-refractivity contribution is 6.42. The molecule has 136 valence electrons. The normalized spacial score (nSPS) is 15.0. The zero-order valence-electron chi connectivity index (χ0n) is 14.5. The van der Waals surface area contributed by atoms with Crippen molar-refractivity contribution in [2.24, 2.45) is 5.92 Å². The third-order valence-electron chi connectivity index (χ3n) is 4.64. The molecule has 1 aliphatic rings. The van der Waals surface area contributed by atoms with E-state index in [9.17, 15) is 9.59 Å². The van der Waals surface area contributed by atoms with Gasteiger partial charge in [0.25, 0.3) is 11.8 Å². The monoisotopic (exact) mass is 390 g/mol. The molecule has 0 aromatic heterocycles. The van der Waals surface area contributed by atoms with Gasteiger partial charge in [-0.15, -0.1) is 0 Å². The smallest absolute Gasteiger partial charge is 0.255 e. The number of hydrogen-bond donors (Lipinski definition) is 1. The fourth-order valence-electron chi connectivity index (χ4n) is 2.94. The van der Waals surface area contributed by atoms with E-state index in [2.05, 4.69) is 12.2 Å². The summed E-state index contributed by atoms with van der Waals surface area (Å²) in [6, 6.07) is 11.6. The summed E-state index contributed by atoms with van der Waals surface area (Å²) < 4.78 is 0. The number of carbonyl (C=O) groups is 2. The van der Waals surface area contributed by atoms with Crippen molar-refractivity contribution in [1.29, 1.82) is 0 Å². The van der Waals surface area contributed by atoms with E-state index in [1.54, 1.807) is 42.5 Å². The third-order valence-corrected chi connectivity index (χ3v) is 5.38. The van der Waals surface area contributed by atoms with Crippen molar-refractivity contribution in [2.75, 3.05) is 18.4 Å². The van der Waals surface area contributed by atoms with Crippen LogP contribution in [0.3, 0.4) is 0 Å². The maximum atomic E-state index is 12.5. The summed E-state index contributed by atoms with van der Waals surface area (Å²) in [5, 5.41) is 3.57. The van der Waals surface area contributed by atoms with E-state index in [0.717, 1.165) is 25.9 Å². The number of benzene rings is 2. The molecular formula is C20H20Cl2N2O2. The minimum absolute atomic E-state index is 0.0216. The molecule has 0 unspecified atom stereocenters. The lowest BCUT2D eigenvalue weighted by Crippen LogP contribution is -2.37. The lowest BCUT2D eigenvalue weighted by Gasteiger charge is -2.30. The molecule has 2 aromatic rings. The predicted molar refractivity (Wildman–Crippen MR) is 105 cm³/mol. The Morgan fingerprint density at radius 2 is 1.58 bits per heavy atom. The number of carbonyl (C=O) groups excluding carboxylic acids is 2. The standard InChI is InChI=1S/C20H20Cl2N2O2/c1-13-8-10-24(11-9-13)20(26)15-4-2-14(3-5-15)19(25)23-16-6-7-17(21)18(22)12-16/h2-7,12-13H,8-11H2,1H3,(H,23,25). The van der Waals surface area contributed by atoms with Crippen LogP contribution in [-0.4, -0.2) is 29.8 Å². The van der Waals surface area contributed by atoms with Gasteiger partial charge >= 0.3 is 0 Å². The fraction of sp³-hybridized carbons (Fsp3) is 0.300. The number of nitrogens with one attached hydrogen (secondary N) is 1. The Morgan fingerprint density at radius 3 is 2.19 bits per heavy atom.